The van der Waals surface area contributed by atoms with E-state index in [-0.39, 0.29) is 0 Å². The molecule has 0 fully saturated rings. The minimum Gasteiger partial charge on any atom is -0.377 e. The standard InChI is InChI=1S/C12H12N/c1-13(2)12-9-5-7-10-6-3-4-8-11(10)12/h3-5,7-9H,1-2H3. The molecule has 1 radical (unpaired) electrons. The van der Waals surface area contributed by atoms with Crippen LogP contribution in [0.1, 0.15) is 0 Å². The third-order valence-corrected chi connectivity index (χ3v) is 2.16. The monoisotopic (exact) mass is 170 g/mol. The average molecular weight is 170 g/mol. The molecule has 13 heavy (non-hydrogen) atoms. The quantitative estimate of drug-likeness (QED) is 0.636. The summed E-state index contributed by atoms with van der Waals surface area (Å²) in [6.07, 6.45) is 0. The Morgan fingerprint density at radius 1 is 1.08 bits per heavy atom. The first-order valence-electron chi connectivity index (χ1n) is 4.36. The summed E-state index contributed by atoms with van der Waals surface area (Å²) >= 11 is 0. The maximum absolute atomic E-state index is 3.22. The Morgan fingerprint density at radius 3 is 2.69 bits per heavy atom. The zero-order valence-electron chi connectivity index (χ0n) is 7.91. The maximum Gasteiger partial charge on any atom is 0.0440 e. The molecule has 0 unspecified atom stereocenters. The normalized spacial score (nSPS) is 10.3. The highest BCUT2D eigenvalue weighted by molar-refractivity contribution is 5.93. The molecular formula is C12H12N. The molecular weight excluding hydrogens is 158 g/mol. The van der Waals surface area contributed by atoms with Crippen molar-refractivity contribution >= 4 is 16.5 Å². The van der Waals surface area contributed by atoms with Gasteiger partial charge in [-0.25, -0.2) is 0 Å². The zero-order valence-corrected chi connectivity index (χ0v) is 7.91. The summed E-state index contributed by atoms with van der Waals surface area (Å²) in [6, 6.07) is 15.6. The molecule has 0 saturated carbocycles. The van der Waals surface area contributed by atoms with Gasteiger partial charge in [0, 0.05) is 25.2 Å². The average Bonchev–Trinajstić information content (AvgIpc) is 2.17. The van der Waals surface area contributed by atoms with Crippen molar-refractivity contribution in [2.24, 2.45) is 0 Å². The van der Waals surface area contributed by atoms with E-state index in [1.165, 1.54) is 16.5 Å². The topological polar surface area (TPSA) is 3.24 Å². The third kappa shape index (κ3) is 1.37. The van der Waals surface area contributed by atoms with Gasteiger partial charge in [-0.15, -0.1) is 0 Å². The summed E-state index contributed by atoms with van der Waals surface area (Å²) in [7, 11) is 4.11. The molecule has 0 amide bonds. The van der Waals surface area contributed by atoms with Crippen LogP contribution in [0.5, 0.6) is 0 Å². The van der Waals surface area contributed by atoms with Crippen molar-refractivity contribution in [1.82, 2.24) is 0 Å². The predicted molar refractivity (Wildman–Crippen MR) is 57.1 cm³/mol. The van der Waals surface area contributed by atoms with Crippen LogP contribution in [0.3, 0.4) is 0 Å². The van der Waals surface area contributed by atoms with Gasteiger partial charge in [-0.1, -0.05) is 30.3 Å². The molecule has 2 rings (SSSR count). The molecule has 2 aromatic rings. The number of nitrogens with zero attached hydrogens (tertiary/aromatic N) is 1. The van der Waals surface area contributed by atoms with Crippen molar-refractivity contribution in [2.45, 2.75) is 0 Å². The molecule has 1 heteroatoms. The molecule has 0 aliphatic heterocycles. The van der Waals surface area contributed by atoms with Crippen molar-refractivity contribution < 1.29 is 0 Å². The Kier molecular flexibility index (Phi) is 1.93. The van der Waals surface area contributed by atoms with Gasteiger partial charge in [-0.3, -0.25) is 0 Å². The smallest absolute Gasteiger partial charge is 0.0440 e. The Hall–Kier alpha value is -1.50. The summed E-state index contributed by atoms with van der Waals surface area (Å²) in [5, 5.41) is 2.43. The van der Waals surface area contributed by atoms with Gasteiger partial charge in [-0.05, 0) is 17.5 Å². The van der Waals surface area contributed by atoms with Crippen LogP contribution >= 0.6 is 0 Å². The van der Waals surface area contributed by atoms with Crippen molar-refractivity contribution in [3.05, 3.63) is 42.5 Å². The van der Waals surface area contributed by atoms with Gasteiger partial charge in [0.25, 0.3) is 0 Å². The van der Waals surface area contributed by atoms with E-state index in [1.807, 2.05) is 12.1 Å². The summed E-state index contributed by atoms with van der Waals surface area (Å²) < 4.78 is 0. The highest BCUT2D eigenvalue weighted by Crippen LogP contribution is 2.24. The summed E-state index contributed by atoms with van der Waals surface area (Å²) in [6.45, 7) is 0. The van der Waals surface area contributed by atoms with Crippen LogP contribution < -0.4 is 4.90 Å². The number of hydrogen-bond acceptors (Lipinski definition) is 1. The molecule has 1 nitrogen and oxygen atoms in total. The predicted octanol–water partition coefficient (Wildman–Crippen LogP) is 2.71. The molecule has 2 aromatic carbocycles. The highest BCUT2D eigenvalue weighted by atomic mass is 15.1. The molecule has 0 aromatic heterocycles. The van der Waals surface area contributed by atoms with E-state index >= 15 is 0 Å². The van der Waals surface area contributed by atoms with Gasteiger partial charge < -0.3 is 4.90 Å². The number of rotatable bonds is 1. The van der Waals surface area contributed by atoms with E-state index < -0.39 is 0 Å². The van der Waals surface area contributed by atoms with E-state index in [0.717, 1.165) is 0 Å². The summed E-state index contributed by atoms with van der Waals surface area (Å²) in [5.74, 6) is 0. The molecule has 0 N–H and O–H groups in total. The van der Waals surface area contributed by atoms with E-state index in [0.29, 0.717) is 0 Å². The molecule has 0 heterocycles. The fraction of sp³-hybridized carbons (Fsp3) is 0.167. The van der Waals surface area contributed by atoms with Crippen molar-refractivity contribution in [1.29, 1.82) is 0 Å². The van der Waals surface area contributed by atoms with Gasteiger partial charge >= 0.3 is 0 Å². The molecule has 0 bridgehead atoms. The van der Waals surface area contributed by atoms with Crippen LogP contribution in [-0.2, 0) is 0 Å². The molecule has 0 spiro atoms. The lowest BCUT2D eigenvalue weighted by Gasteiger charge is -2.14. The van der Waals surface area contributed by atoms with Crippen LogP contribution in [0, 0.1) is 6.07 Å². The summed E-state index contributed by atoms with van der Waals surface area (Å²) in [4.78, 5) is 2.12. The maximum atomic E-state index is 3.22. The second kappa shape index (κ2) is 3.09. The van der Waals surface area contributed by atoms with Crippen LogP contribution in [0.2, 0.25) is 0 Å². The van der Waals surface area contributed by atoms with Gasteiger partial charge in [0.05, 0.1) is 0 Å². The van der Waals surface area contributed by atoms with Gasteiger partial charge in [0.2, 0.25) is 0 Å². The first-order valence-corrected chi connectivity index (χ1v) is 4.36. The SMILES string of the molecule is CN(C)c1cccc2[c]cccc12. The van der Waals surface area contributed by atoms with Gasteiger partial charge in [-0.2, -0.15) is 0 Å². The van der Waals surface area contributed by atoms with Crippen molar-refractivity contribution in [2.75, 3.05) is 19.0 Å². The lowest BCUT2D eigenvalue weighted by atomic mass is 10.1. The first-order chi connectivity index (χ1) is 6.29. The second-order valence-corrected chi connectivity index (χ2v) is 3.30. The minimum absolute atomic E-state index is 1.17. The van der Waals surface area contributed by atoms with Crippen LogP contribution in [-0.4, -0.2) is 14.1 Å². The van der Waals surface area contributed by atoms with E-state index in [2.05, 4.69) is 49.3 Å². The van der Waals surface area contributed by atoms with Crippen LogP contribution in [0.25, 0.3) is 10.8 Å². The molecule has 65 valence electrons. The fourth-order valence-electron chi connectivity index (χ4n) is 1.53. The van der Waals surface area contributed by atoms with Crippen LogP contribution in [0.15, 0.2) is 36.4 Å². The van der Waals surface area contributed by atoms with Crippen molar-refractivity contribution in [3.63, 3.8) is 0 Å². The van der Waals surface area contributed by atoms with E-state index in [4.69, 9.17) is 0 Å². The number of anilines is 1. The number of fused-ring (bicyclic) bond motifs is 1. The first kappa shape index (κ1) is 8.11. The van der Waals surface area contributed by atoms with E-state index in [1.54, 1.807) is 0 Å². The van der Waals surface area contributed by atoms with Gasteiger partial charge in [0.15, 0.2) is 0 Å². The Labute approximate surface area is 78.6 Å². The van der Waals surface area contributed by atoms with E-state index in [9.17, 15) is 0 Å². The molecule has 0 aliphatic rings. The number of hydrogen-bond donors (Lipinski definition) is 0. The Bertz CT molecular complexity index is 413. The largest absolute Gasteiger partial charge is 0.377 e. The zero-order chi connectivity index (χ0) is 9.26. The van der Waals surface area contributed by atoms with Crippen molar-refractivity contribution in [3.8, 4) is 0 Å². The Balaban J connectivity index is 2.76. The molecule has 0 atom stereocenters. The lowest BCUT2D eigenvalue weighted by molar-refractivity contribution is 1.14. The van der Waals surface area contributed by atoms with Gasteiger partial charge in [0.1, 0.15) is 0 Å². The third-order valence-electron chi connectivity index (χ3n) is 2.16. The lowest BCUT2D eigenvalue weighted by Crippen LogP contribution is -2.08. The summed E-state index contributed by atoms with van der Waals surface area (Å²) in [5.41, 5.74) is 1.24. The van der Waals surface area contributed by atoms with Crippen LogP contribution in [0.4, 0.5) is 5.69 Å². The number of benzene rings is 2. The minimum atomic E-state index is 1.17. The second-order valence-electron chi connectivity index (χ2n) is 3.30. The molecule has 0 aliphatic carbocycles. The highest BCUT2D eigenvalue weighted by Gasteiger charge is 2.00. The Morgan fingerprint density at radius 2 is 1.92 bits per heavy atom. The fourth-order valence-corrected chi connectivity index (χ4v) is 1.53. The molecule has 0 saturated heterocycles.